The molecule has 24 heavy (non-hydrogen) atoms. The Bertz CT molecular complexity index is 684. The van der Waals surface area contributed by atoms with Gasteiger partial charge in [0, 0.05) is 11.6 Å². The van der Waals surface area contributed by atoms with Crippen molar-refractivity contribution in [1.29, 1.82) is 0 Å². The molecule has 128 valence electrons. The number of benzene rings is 2. The summed E-state index contributed by atoms with van der Waals surface area (Å²) in [6.07, 6.45) is 0.742. The van der Waals surface area contributed by atoms with Crippen LogP contribution >= 0.6 is 11.6 Å². The van der Waals surface area contributed by atoms with Gasteiger partial charge in [0.05, 0.1) is 12.6 Å². The summed E-state index contributed by atoms with van der Waals surface area (Å²) in [5.74, 6) is 0.820. The molecule has 0 atom stereocenters. The van der Waals surface area contributed by atoms with Gasteiger partial charge in [-0.3, -0.25) is 0 Å². The molecule has 0 aromatic heterocycles. The molecule has 0 spiro atoms. The van der Waals surface area contributed by atoms with Crippen LogP contribution in [0.3, 0.4) is 0 Å². The fraction of sp³-hybridized carbons (Fsp3) is 0.316. The van der Waals surface area contributed by atoms with Gasteiger partial charge in [0.2, 0.25) is 0 Å². The van der Waals surface area contributed by atoms with Crippen LogP contribution in [0.5, 0.6) is 5.75 Å². The Hall–Kier alpha value is -2.20. The molecule has 4 nitrogen and oxygen atoms in total. The highest BCUT2D eigenvalue weighted by Gasteiger charge is 2.22. The first kappa shape index (κ1) is 18.1. The van der Waals surface area contributed by atoms with Crippen molar-refractivity contribution in [3.8, 4) is 5.75 Å². The van der Waals surface area contributed by atoms with E-state index in [2.05, 4.69) is 10.6 Å². The summed E-state index contributed by atoms with van der Waals surface area (Å²) in [6.45, 7) is 4.46. The molecule has 2 aromatic rings. The summed E-state index contributed by atoms with van der Waals surface area (Å²) in [6, 6.07) is 15.1. The quantitative estimate of drug-likeness (QED) is 0.826. The first-order valence-corrected chi connectivity index (χ1v) is 8.23. The smallest absolute Gasteiger partial charge is 0.315 e. The highest BCUT2D eigenvalue weighted by molar-refractivity contribution is 6.30. The summed E-state index contributed by atoms with van der Waals surface area (Å²) >= 11 is 5.91. The topological polar surface area (TPSA) is 50.4 Å². The fourth-order valence-corrected chi connectivity index (χ4v) is 2.54. The number of amides is 2. The van der Waals surface area contributed by atoms with E-state index >= 15 is 0 Å². The van der Waals surface area contributed by atoms with Gasteiger partial charge in [-0.1, -0.05) is 35.9 Å². The number of ether oxygens (including phenoxy) is 1. The third-order valence-corrected chi connectivity index (χ3v) is 4.08. The average molecular weight is 347 g/mol. The number of hydrogen-bond acceptors (Lipinski definition) is 2. The molecule has 0 aliphatic heterocycles. The van der Waals surface area contributed by atoms with Gasteiger partial charge in [0.15, 0.2) is 0 Å². The molecular weight excluding hydrogens is 324 g/mol. The van der Waals surface area contributed by atoms with Crippen LogP contribution in [0.15, 0.2) is 48.5 Å². The standard InChI is InChI=1S/C19H23ClN2O2/c1-19(2,15-7-9-16(20)10-8-15)22-18(23)21-12-11-14-5-4-6-17(13-14)24-3/h4-10,13H,11-12H2,1-3H3,(H2,21,22,23). The van der Waals surface area contributed by atoms with Crippen LogP contribution in [0, 0.1) is 0 Å². The molecule has 0 saturated heterocycles. The predicted octanol–water partition coefficient (Wildman–Crippen LogP) is 4.13. The third-order valence-electron chi connectivity index (χ3n) is 3.83. The van der Waals surface area contributed by atoms with Gasteiger partial charge in [0.1, 0.15) is 5.75 Å². The Morgan fingerprint density at radius 1 is 1.17 bits per heavy atom. The van der Waals surface area contributed by atoms with Crippen molar-refractivity contribution < 1.29 is 9.53 Å². The molecule has 0 heterocycles. The second kappa shape index (κ2) is 8.06. The molecule has 2 aromatic carbocycles. The Kier molecular flexibility index (Phi) is 6.10. The highest BCUT2D eigenvalue weighted by Crippen LogP contribution is 2.21. The monoisotopic (exact) mass is 346 g/mol. The molecular formula is C19H23ClN2O2. The van der Waals surface area contributed by atoms with Crippen LogP contribution in [0.4, 0.5) is 4.79 Å². The van der Waals surface area contributed by atoms with E-state index in [1.807, 2.05) is 62.4 Å². The Balaban J connectivity index is 1.85. The van der Waals surface area contributed by atoms with E-state index in [1.54, 1.807) is 7.11 Å². The van der Waals surface area contributed by atoms with Crippen LogP contribution in [0.1, 0.15) is 25.0 Å². The lowest BCUT2D eigenvalue weighted by atomic mass is 9.94. The van der Waals surface area contributed by atoms with E-state index in [1.165, 1.54) is 0 Å². The van der Waals surface area contributed by atoms with Crippen molar-refractivity contribution in [2.24, 2.45) is 0 Å². The fourth-order valence-electron chi connectivity index (χ4n) is 2.42. The Morgan fingerprint density at radius 3 is 2.54 bits per heavy atom. The second-order valence-electron chi connectivity index (χ2n) is 6.11. The van der Waals surface area contributed by atoms with E-state index in [9.17, 15) is 4.79 Å². The molecule has 2 N–H and O–H groups in total. The van der Waals surface area contributed by atoms with Crippen molar-refractivity contribution in [2.45, 2.75) is 25.8 Å². The number of halogens is 1. The Morgan fingerprint density at radius 2 is 1.88 bits per heavy atom. The maximum absolute atomic E-state index is 12.1. The largest absolute Gasteiger partial charge is 0.497 e. The van der Waals surface area contributed by atoms with Crippen molar-refractivity contribution in [3.63, 3.8) is 0 Å². The van der Waals surface area contributed by atoms with E-state index in [-0.39, 0.29) is 6.03 Å². The van der Waals surface area contributed by atoms with Gasteiger partial charge in [-0.2, -0.15) is 0 Å². The predicted molar refractivity (Wildman–Crippen MR) is 97.7 cm³/mol. The maximum Gasteiger partial charge on any atom is 0.315 e. The molecule has 2 amide bonds. The van der Waals surface area contributed by atoms with Crippen LogP contribution in [-0.4, -0.2) is 19.7 Å². The summed E-state index contributed by atoms with van der Waals surface area (Å²) in [5.41, 5.74) is 1.63. The first-order chi connectivity index (χ1) is 11.4. The number of nitrogens with one attached hydrogen (secondary N) is 2. The molecule has 0 bridgehead atoms. The summed E-state index contributed by atoms with van der Waals surface area (Å²) in [4.78, 5) is 12.1. The summed E-state index contributed by atoms with van der Waals surface area (Å²) in [7, 11) is 1.64. The SMILES string of the molecule is COc1cccc(CCNC(=O)NC(C)(C)c2ccc(Cl)cc2)c1. The minimum atomic E-state index is -0.482. The van der Waals surface area contributed by atoms with Gasteiger partial charge >= 0.3 is 6.03 Å². The number of carbonyl (C=O) groups excluding carboxylic acids is 1. The zero-order chi connectivity index (χ0) is 17.6. The van der Waals surface area contributed by atoms with Crippen molar-refractivity contribution >= 4 is 17.6 Å². The number of carbonyl (C=O) groups is 1. The van der Waals surface area contributed by atoms with Crippen LogP contribution < -0.4 is 15.4 Å². The first-order valence-electron chi connectivity index (χ1n) is 7.86. The van der Waals surface area contributed by atoms with Gasteiger partial charge < -0.3 is 15.4 Å². The lowest BCUT2D eigenvalue weighted by molar-refractivity contribution is 0.230. The molecule has 2 rings (SSSR count). The molecule has 0 fully saturated rings. The van der Waals surface area contributed by atoms with Gasteiger partial charge in [-0.15, -0.1) is 0 Å². The number of hydrogen-bond donors (Lipinski definition) is 2. The van der Waals surface area contributed by atoms with Crippen molar-refractivity contribution in [2.75, 3.05) is 13.7 Å². The molecule has 0 radical (unpaired) electrons. The van der Waals surface area contributed by atoms with E-state index in [0.717, 1.165) is 23.3 Å². The van der Waals surface area contributed by atoms with Crippen molar-refractivity contribution in [3.05, 3.63) is 64.7 Å². The maximum atomic E-state index is 12.1. The third kappa shape index (κ3) is 5.17. The zero-order valence-corrected chi connectivity index (χ0v) is 15.0. The van der Waals surface area contributed by atoms with Crippen LogP contribution in [0.25, 0.3) is 0 Å². The van der Waals surface area contributed by atoms with Crippen LogP contribution in [0.2, 0.25) is 5.02 Å². The van der Waals surface area contributed by atoms with Gasteiger partial charge in [-0.05, 0) is 55.7 Å². The lowest BCUT2D eigenvalue weighted by Crippen LogP contribution is -2.46. The molecule has 0 aliphatic rings. The molecule has 0 saturated carbocycles. The molecule has 0 unspecified atom stereocenters. The number of rotatable bonds is 6. The molecule has 5 heteroatoms. The summed E-state index contributed by atoms with van der Waals surface area (Å²) in [5, 5.41) is 6.55. The van der Waals surface area contributed by atoms with Crippen molar-refractivity contribution in [1.82, 2.24) is 10.6 Å². The van der Waals surface area contributed by atoms with E-state index < -0.39 is 5.54 Å². The normalized spacial score (nSPS) is 11.0. The van der Waals surface area contributed by atoms with E-state index in [0.29, 0.717) is 11.6 Å². The van der Waals surface area contributed by atoms with Gasteiger partial charge in [-0.25, -0.2) is 4.79 Å². The molecule has 0 aliphatic carbocycles. The highest BCUT2D eigenvalue weighted by atomic mass is 35.5. The number of urea groups is 1. The average Bonchev–Trinajstić information content (AvgIpc) is 2.55. The van der Waals surface area contributed by atoms with E-state index in [4.69, 9.17) is 16.3 Å². The minimum Gasteiger partial charge on any atom is -0.497 e. The zero-order valence-electron chi connectivity index (χ0n) is 14.2. The lowest BCUT2D eigenvalue weighted by Gasteiger charge is -2.27. The summed E-state index contributed by atoms with van der Waals surface area (Å²) < 4.78 is 5.20. The van der Waals surface area contributed by atoms with Crippen LogP contribution in [-0.2, 0) is 12.0 Å². The minimum absolute atomic E-state index is 0.196. The Labute approximate surface area is 148 Å². The van der Waals surface area contributed by atoms with Gasteiger partial charge in [0.25, 0.3) is 0 Å². The second-order valence-corrected chi connectivity index (χ2v) is 6.55. The number of methoxy groups -OCH3 is 1.